The van der Waals surface area contributed by atoms with Gasteiger partial charge in [0.1, 0.15) is 13.1 Å². The summed E-state index contributed by atoms with van der Waals surface area (Å²) in [6.45, 7) is 6.05. The minimum atomic E-state index is 0.199. The smallest absolute Gasteiger partial charge is 0.231 e. The molecule has 0 bridgehead atoms. The molecule has 3 N–H and O–H groups in total. The molecule has 3 rings (SSSR count). The Labute approximate surface area is 158 Å². The second-order valence-electron chi connectivity index (χ2n) is 6.05. The van der Waals surface area contributed by atoms with E-state index >= 15 is 0 Å². The summed E-state index contributed by atoms with van der Waals surface area (Å²) in [5.41, 5.74) is 3.66. The third-order valence-corrected chi connectivity index (χ3v) is 4.49. The Morgan fingerprint density at radius 1 is 1.35 bits per heavy atom. The van der Waals surface area contributed by atoms with E-state index in [4.69, 9.17) is 31.2 Å². The van der Waals surface area contributed by atoms with E-state index in [-0.39, 0.29) is 6.79 Å². The first kappa shape index (κ1) is 18.7. The average molecular weight is 381 g/mol. The van der Waals surface area contributed by atoms with Crippen LogP contribution in [0.2, 0.25) is 0 Å². The van der Waals surface area contributed by atoms with Crippen LogP contribution in [-0.2, 0) is 4.74 Å². The fourth-order valence-electron chi connectivity index (χ4n) is 2.88. The predicted octanol–water partition coefficient (Wildman–Crippen LogP) is -0.473. The molecule has 2 heterocycles. The number of benzene rings is 1. The molecule has 0 unspecified atom stereocenters. The van der Waals surface area contributed by atoms with Crippen molar-refractivity contribution >= 4 is 23.5 Å². The highest BCUT2D eigenvalue weighted by Gasteiger charge is 2.19. The summed E-state index contributed by atoms with van der Waals surface area (Å²) in [5.74, 6) is 1.89. The van der Waals surface area contributed by atoms with Gasteiger partial charge >= 0.3 is 0 Å². The number of quaternary nitrogens is 1. The molecule has 0 atom stereocenters. The van der Waals surface area contributed by atoms with Gasteiger partial charge in [-0.05, 0) is 24.4 Å². The summed E-state index contributed by atoms with van der Waals surface area (Å²) < 4.78 is 21.4. The van der Waals surface area contributed by atoms with Gasteiger partial charge in [-0.2, -0.15) is 5.10 Å². The second kappa shape index (κ2) is 9.56. The Bertz CT molecular complexity index is 650. The van der Waals surface area contributed by atoms with Crippen molar-refractivity contribution in [2.24, 2.45) is 5.10 Å². The Balaban J connectivity index is 1.38. The third-order valence-electron chi connectivity index (χ3n) is 4.25. The van der Waals surface area contributed by atoms with Crippen molar-refractivity contribution in [3.63, 3.8) is 0 Å². The second-order valence-corrected chi connectivity index (χ2v) is 6.46. The fraction of sp³-hybridized carbons (Fsp3) is 0.529. The van der Waals surface area contributed by atoms with Crippen LogP contribution in [0.1, 0.15) is 12.0 Å². The number of ether oxygens (including phenoxy) is 4. The van der Waals surface area contributed by atoms with E-state index in [1.807, 2.05) is 12.1 Å². The zero-order valence-electron chi connectivity index (χ0n) is 14.9. The SMILES string of the molecule is COc1cc(/C=N\NC(=S)NCCC[NH+]2CCOCC2)cc2c1OCO2. The van der Waals surface area contributed by atoms with Gasteiger partial charge in [-0.1, -0.05) is 0 Å². The number of morpholine rings is 1. The Morgan fingerprint density at radius 2 is 2.19 bits per heavy atom. The van der Waals surface area contributed by atoms with Crippen LogP contribution in [0.5, 0.6) is 17.2 Å². The quantitative estimate of drug-likeness (QED) is 0.255. The molecule has 8 nitrogen and oxygen atoms in total. The lowest BCUT2D eigenvalue weighted by molar-refractivity contribution is -0.908. The van der Waals surface area contributed by atoms with Gasteiger partial charge < -0.3 is 29.2 Å². The normalized spacial score (nSPS) is 16.7. The lowest BCUT2D eigenvalue weighted by Gasteiger charge is -2.23. The highest BCUT2D eigenvalue weighted by Crippen LogP contribution is 2.41. The number of nitrogens with zero attached hydrogens (tertiary/aromatic N) is 1. The molecule has 1 aromatic rings. The van der Waals surface area contributed by atoms with Gasteiger partial charge in [-0.3, -0.25) is 5.43 Å². The summed E-state index contributed by atoms with van der Waals surface area (Å²) in [6.07, 6.45) is 2.72. The van der Waals surface area contributed by atoms with E-state index in [0.29, 0.717) is 22.4 Å². The van der Waals surface area contributed by atoms with Gasteiger partial charge in [0.05, 0.1) is 33.1 Å². The minimum Gasteiger partial charge on any atom is -0.493 e. The van der Waals surface area contributed by atoms with Gasteiger partial charge in [0, 0.05) is 18.5 Å². The van der Waals surface area contributed by atoms with E-state index in [2.05, 4.69) is 15.8 Å². The van der Waals surface area contributed by atoms with E-state index in [1.54, 1.807) is 18.2 Å². The molecule has 2 aliphatic rings. The first-order valence-electron chi connectivity index (χ1n) is 8.72. The zero-order chi connectivity index (χ0) is 18.2. The predicted molar refractivity (Wildman–Crippen MR) is 101 cm³/mol. The molecule has 26 heavy (non-hydrogen) atoms. The van der Waals surface area contributed by atoms with Crippen LogP contribution >= 0.6 is 12.2 Å². The van der Waals surface area contributed by atoms with Crippen molar-refractivity contribution < 1.29 is 23.8 Å². The molecule has 0 saturated carbocycles. The molecule has 1 saturated heterocycles. The molecule has 1 fully saturated rings. The summed E-state index contributed by atoms with van der Waals surface area (Å²) in [5, 5.41) is 7.83. The van der Waals surface area contributed by atoms with Gasteiger partial charge in [0.15, 0.2) is 16.6 Å². The first-order valence-corrected chi connectivity index (χ1v) is 9.13. The maximum absolute atomic E-state index is 5.39. The van der Waals surface area contributed by atoms with Crippen LogP contribution in [0.25, 0.3) is 0 Å². The number of hydrazone groups is 1. The third kappa shape index (κ3) is 5.20. The lowest BCUT2D eigenvalue weighted by atomic mass is 10.2. The minimum absolute atomic E-state index is 0.199. The Morgan fingerprint density at radius 3 is 3.00 bits per heavy atom. The number of methoxy groups -OCH3 is 1. The highest BCUT2D eigenvalue weighted by molar-refractivity contribution is 7.80. The van der Waals surface area contributed by atoms with E-state index in [1.165, 1.54) is 0 Å². The molecule has 0 aromatic heterocycles. The number of fused-ring (bicyclic) bond motifs is 1. The topological polar surface area (TPSA) is 77.8 Å². The standard InChI is InChI=1S/C17H24N4O4S/c1-22-14-9-13(10-15-16(14)25-12-24-15)11-19-20-17(26)18-3-2-4-21-5-7-23-8-6-21/h9-11H,2-8,12H2,1H3,(H2,18,20,26)/p+1/b19-11-. The number of nitrogens with one attached hydrogen (secondary N) is 3. The zero-order valence-corrected chi connectivity index (χ0v) is 15.7. The van der Waals surface area contributed by atoms with Gasteiger partial charge in [0.2, 0.25) is 12.5 Å². The molecule has 0 spiro atoms. The van der Waals surface area contributed by atoms with Crippen molar-refractivity contribution in [2.75, 3.05) is 53.3 Å². The van der Waals surface area contributed by atoms with Crippen molar-refractivity contribution in [2.45, 2.75) is 6.42 Å². The van der Waals surface area contributed by atoms with Crippen LogP contribution in [0.15, 0.2) is 17.2 Å². The van der Waals surface area contributed by atoms with Gasteiger partial charge in [0.25, 0.3) is 0 Å². The molecular weight excluding hydrogens is 356 g/mol. The molecule has 0 aliphatic carbocycles. The molecule has 2 aliphatic heterocycles. The summed E-state index contributed by atoms with van der Waals surface area (Å²) in [6, 6.07) is 3.68. The Kier molecular flexibility index (Phi) is 6.87. The highest BCUT2D eigenvalue weighted by atomic mass is 32.1. The maximum atomic E-state index is 5.39. The lowest BCUT2D eigenvalue weighted by Crippen LogP contribution is -3.14. The molecule has 9 heteroatoms. The van der Waals surface area contributed by atoms with Crippen molar-refractivity contribution in [1.29, 1.82) is 0 Å². The first-order chi connectivity index (χ1) is 12.8. The van der Waals surface area contributed by atoms with Crippen LogP contribution in [0.3, 0.4) is 0 Å². The monoisotopic (exact) mass is 381 g/mol. The van der Waals surface area contributed by atoms with Crippen molar-refractivity contribution in [1.82, 2.24) is 10.7 Å². The number of hydrogen-bond acceptors (Lipinski definition) is 6. The van der Waals surface area contributed by atoms with Gasteiger partial charge in [-0.25, -0.2) is 0 Å². The Hall–Kier alpha value is -2.10. The number of rotatable bonds is 7. The largest absolute Gasteiger partial charge is 0.493 e. The van der Waals surface area contributed by atoms with Crippen molar-refractivity contribution in [3.8, 4) is 17.2 Å². The fourth-order valence-corrected chi connectivity index (χ4v) is 3.03. The summed E-state index contributed by atoms with van der Waals surface area (Å²) in [4.78, 5) is 1.59. The molecule has 142 valence electrons. The van der Waals surface area contributed by atoms with E-state index in [0.717, 1.165) is 51.4 Å². The maximum Gasteiger partial charge on any atom is 0.231 e. The van der Waals surface area contributed by atoms with E-state index in [9.17, 15) is 0 Å². The summed E-state index contributed by atoms with van der Waals surface area (Å²) >= 11 is 5.24. The number of hydrogen-bond donors (Lipinski definition) is 3. The van der Waals surface area contributed by atoms with Crippen LogP contribution < -0.4 is 29.9 Å². The summed E-state index contributed by atoms with van der Waals surface area (Å²) in [7, 11) is 1.59. The van der Waals surface area contributed by atoms with Gasteiger partial charge in [-0.15, -0.1) is 0 Å². The van der Waals surface area contributed by atoms with E-state index < -0.39 is 0 Å². The molecule has 0 radical (unpaired) electrons. The molecular formula is C17H25N4O4S+. The van der Waals surface area contributed by atoms with Crippen LogP contribution in [-0.4, -0.2) is 64.6 Å². The average Bonchev–Trinajstić information content (AvgIpc) is 3.14. The molecule has 1 aromatic carbocycles. The van der Waals surface area contributed by atoms with Crippen LogP contribution in [0.4, 0.5) is 0 Å². The van der Waals surface area contributed by atoms with Crippen LogP contribution in [0, 0.1) is 0 Å². The number of thiocarbonyl (C=S) groups is 1. The molecule has 0 amide bonds. The van der Waals surface area contributed by atoms with Crippen molar-refractivity contribution in [3.05, 3.63) is 17.7 Å².